The predicted molar refractivity (Wildman–Crippen MR) is 142 cm³/mol. The lowest BCUT2D eigenvalue weighted by Crippen LogP contribution is -2.47. The maximum absolute atomic E-state index is 12.1. The molecule has 0 unspecified atom stereocenters. The normalized spacial score (nSPS) is 13.9. The zero-order valence-electron chi connectivity index (χ0n) is 20.5. The van der Waals surface area contributed by atoms with Crippen LogP contribution in [0.2, 0.25) is 0 Å². The Bertz CT molecular complexity index is 1210. The van der Waals surface area contributed by atoms with E-state index in [-0.39, 0.29) is 0 Å². The molecule has 4 rings (SSSR count). The molecule has 0 spiro atoms. The molecule has 36 heavy (non-hydrogen) atoms. The van der Waals surface area contributed by atoms with Gasteiger partial charge in [0.05, 0.1) is 12.8 Å². The summed E-state index contributed by atoms with van der Waals surface area (Å²) >= 11 is 0. The number of ether oxygens (including phenoxy) is 1. The van der Waals surface area contributed by atoms with Crippen LogP contribution in [-0.4, -0.2) is 68.4 Å². The summed E-state index contributed by atoms with van der Waals surface area (Å²) < 4.78 is 5.50. The number of benzene rings is 3. The molecule has 1 fully saturated rings. The summed E-state index contributed by atoms with van der Waals surface area (Å²) in [6.45, 7) is 4.84. The Hall–Kier alpha value is -4.04. The van der Waals surface area contributed by atoms with E-state index in [1.165, 1.54) is 4.90 Å². The van der Waals surface area contributed by atoms with Gasteiger partial charge in [-0.3, -0.25) is 14.6 Å². The van der Waals surface area contributed by atoms with E-state index >= 15 is 0 Å². The van der Waals surface area contributed by atoms with Gasteiger partial charge in [0.15, 0.2) is 0 Å². The third kappa shape index (κ3) is 5.95. The Morgan fingerprint density at radius 3 is 2.33 bits per heavy atom. The minimum atomic E-state index is -0.987. The van der Waals surface area contributed by atoms with Crippen LogP contribution in [0.3, 0.4) is 0 Å². The Kier molecular flexibility index (Phi) is 8.07. The molecule has 8 nitrogen and oxygen atoms in total. The first-order valence-corrected chi connectivity index (χ1v) is 12.1. The summed E-state index contributed by atoms with van der Waals surface area (Å²) in [5.41, 5.74) is 9.17. The summed E-state index contributed by atoms with van der Waals surface area (Å²) in [4.78, 5) is 29.7. The predicted octanol–water partition coefficient (Wildman–Crippen LogP) is 4.16. The van der Waals surface area contributed by atoms with Crippen molar-refractivity contribution in [2.75, 3.05) is 56.2 Å². The molecular formula is C28H32N4O4. The third-order valence-electron chi connectivity index (χ3n) is 6.52. The van der Waals surface area contributed by atoms with Crippen LogP contribution in [-0.2, 0) is 0 Å². The molecule has 1 aliphatic heterocycles. The van der Waals surface area contributed by atoms with Crippen LogP contribution in [0, 0.1) is 0 Å². The number of amides is 2. The maximum atomic E-state index is 12.1. The lowest BCUT2D eigenvalue weighted by molar-refractivity contribution is 0.1000. The number of methoxy groups -OCH3 is 1. The number of anilines is 2. The number of piperazine rings is 1. The number of primary amides is 1. The zero-order valence-corrected chi connectivity index (χ0v) is 20.5. The first-order chi connectivity index (χ1) is 17.5. The van der Waals surface area contributed by atoms with E-state index in [2.05, 4.69) is 15.9 Å². The lowest BCUT2D eigenvalue weighted by atomic mass is 10.0. The molecular weight excluding hydrogens is 456 g/mol. The first-order valence-electron chi connectivity index (χ1n) is 12.1. The van der Waals surface area contributed by atoms with Crippen molar-refractivity contribution in [1.82, 2.24) is 4.90 Å². The van der Waals surface area contributed by atoms with Crippen LogP contribution in [0.15, 0.2) is 72.8 Å². The van der Waals surface area contributed by atoms with Gasteiger partial charge in [-0.05, 0) is 60.5 Å². The Morgan fingerprint density at radius 2 is 1.64 bits per heavy atom. The van der Waals surface area contributed by atoms with Gasteiger partial charge in [0.25, 0.3) is 0 Å². The van der Waals surface area contributed by atoms with Gasteiger partial charge in [0.2, 0.25) is 5.91 Å². The molecule has 2 amide bonds. The summed E-state index contributed by atoms with van der Waals surface area (Å²) in [6, 6.07) is 22.4. The number of carbonyl (C=O) groups is 2. The number of hydrogen-bond donors (Lipinski definition) is 2. The van der Waals surface area contributed by atoms with Crippen molar-refractivity contribution in [3.8, 4) is 16.9 Å². The average Bonchev–Trinajstić information content (AvgIpc) is 2.91. The third-order valence-corrected chi connectivity index (χ3v) is 6.52. The van der Waals surface area contributed by atoms with Crippen LogP contribution in [0.5, 0.6) is 5.75 Å². The second-order valence-electron chi connectivity index (χ2n) is 8.78. The maximum Gasteiger partial charge on any atom is 0.411 e. The van der Waals surface area contributed by atoms with Gasteiger partial charge in [0, 0.05) is 44.0 Å². The smallest absolute Gasteiger partial charge is 0.411 e. The fourth-order valence-electron chi connectivity index (χ4n) is 4.60. The second kappa shape index (κ2) is 11.6. The number of rotatable bonds is 9. The van der Waals surface area contributed by atoms with E-state index in [0.717, 1.165) is 61.7 Å². The summed E-state index contributed by atoms with van der Waals surface area (Å²) in [5.74, 6) is 0.385. The first kappa shape index (κ1) is 25.1. The number of carboxylic acid groups (broad SMARTS) is 1. The van der Waals surface area contributed by atoms with Gasteiger partial charge >= 0.3 is 6.09 Å². The topological polar surface area (TPSA) is 99.3 Å². The van der Waals surface area contributed by atoms with Crippen molar-refractivity contribution in [2.24, 2.45) is 5.73 Å². The molecule has 8 heteroatoms. The van der Waals surface area contributed by atoms with Crippen molar-refractivity contribution in [3.63, 3.8) is 0 Å². The summed E-state index contributed by atoms with van der Waals surface area (Å²) in [7, 11) is 1.69. The monoisotopic (exact) mass is 488 g/mol. The molecule has 0 radical (unpaired) electrons. The molecule has 0 bridgehead atoms. The van der Waals surface area contributed by atoms with Gasteiger partial charge in [-0.1, -0.05) is 36.4 Å². The Labute approximate surface area is 211 Å². The van der Waals surface area contributed by atoms with E-state index in [9.17, 15) is 14.7 Å². The van der Waals surface area contributed by atoms with Crippen LogP contribution < -0.4 is 20.3 Å². The van der Waals surface area contributed by atoms with E-state index in [1.807, 2.05) is 42.5 Å². The van der Waals surface area contributed by atoms with E-state index in [0.29, 0.717) is 17.8 Å². The second-order valence-corrected chi connectivity index (χ2v) is 8.78. The minimum absolute atomic E-state index is 0.396. The van der Waals surface area contributed by atoms with Crippen LogP contribution in [0.25, 0.3) is 11.1 Å². The van der Waals surface area contributed by atoms with Crippen LogP contribution in [0.4, 0.5) is 16.2 Å². The molecule has 0 aliphatic carbocycles. The summed E-state index contributed by atoms with van der Waals surface area (Å²) in [5, 5.41) is 9.88. The molecule has 0 atom stereocenters. The molecule has 0 saturated carbocycles. The molecule has 1 saturated heterocycles. The van der Waals surface area contributed by atoms with Crippen molar-refractivity contribution in [1.29, 1.82) is 0 Å². The average molecular weight is 489 g/mol. The highest BCUT2D eigenvalue weighted by atomic mass is 16.5. The fraction of sp³-hybridized carbons (Fsp3) is 0.286. The molecule has 3 aromatic carbocycles. The Balaban J connectivity index is 1.35. The Morgan fingerprint density at radius 1 is 0.944 bits per heavy atom. The number of para-hydroxylation sites is 2. The standard InChI is InChI=1S/C28H32N4O4/c1-36-26-12-3-2-11-25(26)31-17-15-30(16-18-31)13-6-14-32(28(34)35)24-10-5-8-22(20-24)21-7-4-9-23(19-21)27(29)33/h2-5,7-12,19-20H,6,13-18H2,1H3,(H2,29,33)(H,34,35). The van der Waals surface area contributed by atoms with Crippen molar-refractivity contribution >= 4 is 23.4 Å². The summed E-state index contributed by atoms with van der Waals surface area (Å²) in [6.07, 6.45) is -0.262. The lowest BCUT2D eigenvalue weighted by Gasteiger charge is -2.36. The molecule has 1 aliphatic rings. The quantitative estimate of drug-likeness (QED) is 0.469. The highest BCUT2D eigenvalue weighted by molar-refractivity contribution is 5.94. The highest BCUT2D eigenvalue weighted by Gasteiger charge is 2.20. The van der Waals surface area contributed by atoms with E-state index < -0.39 is 12.0 Å². The highest BCUT2D eigenvalue weighted by Crippen LogP contribution is 2.29. The van der Waals surface area contributed by atoms with Crippen molar-refractivity contribution < 1.29 is 19.4 Å². The molecule has 0 aromatic heterocycles. The minimum Gasteiger partial charge on any atom is -0.495 e. The number of nitrogens with two attached hydrogens (primary N) is 1. The fourth-order valence-corrected chi connectivity index (χ4v) is 4.60. The van der Waals surface area contributed by atoms with E-state index in [1.54, 1.807) is 31.4 Å². The van der Waals surface area contributed by atoms with Gasteiger partial charge in [0.1, 0.15) is 5.75 Å². The number of nitrogens with zero attached hydrogens (tertiary/aromatic N) is 3. The van der Waals surface area contributed by atoms with Gasteiger partial charge in [-0.25, -0.2) is 4.79 Å². The van der Waals surface area contributed by atoms with Gasteiger partial charge in [-0.2, -0.15) is 0 Å². The SMILES string of the molecule is COc1ccccc1N1CCN(CCCN(C(=O)O)c2cccc(-c3cccc(C(N)=O)c3)c2)CC1. The number of hydrogen-bond acceptors (Lipinski definition) is 5. The molecule has 3 N–H and O–H groups in total. The van der Waals surface area contributed by atoms with Gasteiger partial charge in [-0.15, -0.1) is 0 Å². The van der Waals surface area contributed by atoms with E-state index in [4.69, 9.17) is 10.5 Å². The van der Waals surface area contributed by atoms with Crippen molar-refractivity contribution in [3.05, 3.63) is 78.4 Å². The van der Waals surface area contributed by atoms with Gasteiger partial charge < -0.3 is 20.5 Å². The molecule has 3 aromatic rings. The molecule has 1 heterocycles. The number of carbonyl (C=O) groups excluding carboxylic acids is 1. The van der Waals surface area contributed by atoms with Crippen molar-refractivity contribution in [2.45, 2.75) is 6.42 Å². The zero-order chi connectivity index (χ0) is 25.5. The van der Waals surface area contributed by atoms with Crippen LogP contribution in [0.1, 0.15) is 16.8 Å². The molecule has 188 valence electrons. The van der Waals surface area contributed by atoms with Crippen LogP contribution >= 0.6 is 0 Å². The largest absolute Gasteiger partial charge is 0.495 e.